The van der Waals surface area contributed by atoms with Crippen LogP contribution in [-0.4, -0.2) is 65.9 Å². The van der Waals surface area contributed by atoms with Gasteiger partial charge in [0.1, 0.15) is 44.3 Å². The van der Waals surface area contributed by atoms with E-state index in [1.165, 1.54) is 0 Å². The molecule has 0 radical (unpaired) electrons. The third-order valence-electron chi connectivity index (χ3n) is 12.0. The second-order valence-electron chi connectivity index (χ2n) is 17.9. The van der Waals surface area contributed by atoms with Gasteiger partial charge in [0.15, 0.2) is 0 Å². The second kappa shape index (κ2) is 28.3. The van der Waals surface area contributed by atoms with E-state index in [9.17, 15) is 51.0 Å². The fraction of sp³-hybridized carbons (Fsp3) is 0.203. The molecule has 0 aliphatic heterocycles. The van der Waals surface area contributed by atoms with E-state index < -0.39 is 95.5 Å². The van der Waals surface area contributed by atoms with Gasteiger partial charge in [0.05, 0.1) is 12.1 Å². The van der Waals surface area contributed by atoms with Crippen molar-refractivity contribution in [2.45, 2.75) is 69.9 Å². The lowest BCUT2D eigenvalue weighted by molar-refractivity contribution is -0.149. The Morgan fingerprint density at radius 1 is 0.494 bits per heavy atom. The molecule has 410 valence electrons. The van der Waals surface area contributed by atoms with Gasteiger partial charge in [-0.15, -0.1) is 0 Å². The molecule has 0 bridgehead atoms. The first-order valence-corrected chi connectivity index (χ1v) is 24.6. The maximum atomic E-state index is 14.9. The lowest BCUT2D eigenvalue weighted by Gasteiger charge is -2.22. The number of aliphatic hydroxyl groups excluding tert-OH is 1. The Hall–Kier alpha value is -9.14. The van der Waals surface area contributed by atoms with E-state index in [0.717, 1.165) is 11.1 Å². The van der Waals surface area contributed by atoms with Crippen molar-refractivity contribution < 1.29 is 74.7 Å². The van der Waals surface area contributed by atoms with E-state index in [2.05, 4.69) is 16.0 Å². The van der Waals surface area contributed by atoms with Crippen LogP contribution in [0.1, 0.15) is 39.8 Å². The zero-order valence-corrected chi connectivity index (χ0v) is 42.1. The zero-order valence-electron chi connectivity index (χ0n) is 42.1. The van der Waals surface area contributed by atoms with E-state index in [4.69, 9.17) is 29.4 Å². The number of benzene rings is 7. The number of aliphatic hydroxyl groups is 1. The van der Waals surface area contributed by atoms with Crippen LogP contribution in [0.4, 0.5) is 31.5 Å². The molecule has 0 aliphatic rings. The normalized spacial score (nSPS) is 12.4. The summed E-state index contributed by atoms with van der Waals surface area (Å²) < 4.78 is 99.5. The highest BCUT2D eigenvalue weighted by Gasteiger charge is 2.33. The lowest BCUT2D eigenvalue weighted by Crippen LogP contribution is -2.51. The predicted octanol–water partition coefficient (Wildman–Crippen LogP) is 8.85. The Kier molecular flexibility index (Phi) is 20.6. The van der Waals surface area contributed by atoms with Crippen molar-refractivity contribution in [3.05, 3.63) is 226 Å². The molecule has 0 aliphatic carbocycles. The molecule has 0 unspecified atom stereocenters. The van der Waals surface area contributed by atoms with Crippen LogP contribution in [0.25, 0.3) is 11.1 Å². The second-order valence-corrected chi connectivity index (χ2v) is 17.9. The van der Waals surface area contributed by atoms with Crippen LogP contribution in [0, 0.1) is 29.1 Å². The summed E-state index contributed by atoms with van der Waals surface area (Å²) in [4.78, 5) is 66.9. The minimum absolute atomic E-state index is 0.00823. The van der Waals surface area contributed by atoms with Crippen molar-refractivity contribution in [1.82, 2.24) is 16.0 Å². The summed E-state index contributed by atoms with van der Waals surface area (Å²) in [5.74, 6) is -17.1. The van der Waals surface area contributed by atoms with Gasteiger partial charge in [-0.25, -0.2) is 32.3 Å². The van der Waals surface area contributed by atoms with Gasteiger partial charge >= 0.3 is 24.1 Å². The van der Waals surface area contributed by atoms with Crippen LogP contribution in [0.5, 0.6) is 11.5 Å². The number of hydrogen-bond donors (Lipinski definition) is 5. The summed E-state index contributed by atoms with van der Waals surface area (Å²) in [6, 6.07) is 41.9. The molecule has 79 heavy (non-hydrogen) atoms. The van der Waals surface area contributed by atoms with Crippen LogP contribution >= 0.6 is 0 Å². The molecule has 6 N–H and O–H groups in total. The standard InChI is InChI=1S/C59H53F5N4O11/c60-49-50(61)52(63)54(53(64)51(49)62)79-57(72)47(68-59(74)78-35-39-20-11-4-12-21-39)29-43-28-42(24-25-48(43)75-32-36-14-5-1-6-15-36)41-23-13-22-40(26-41)27-46(56(71)76-33-37-16-7-2-8-17-37)67-55(70)45(65)30-44(69)31-66-58(73)77-34-38-18-9-3-10-19-38/h1-26,28,44-47,69H,27,29-35,65H2,(H,66,73)(H,67,70)(H,68,74)/t44-,45+,46+,47+/m1/s1. The van der Waals surface area contributed by atoms with Gasteiger partial charge in [-0.05, 0) is 63.1 Å². The highest BCUT2D eigenvalue weighted by molar-refractivity contribution is 5.88. The molecule has 0 spiro atoms. The molecular weight excluding hydrogens is 1040 g/mol. The molecule has 7 rings (SSSR count). The minimum Gasteiger partial charge on any atom is -0.489 e. The number of carbonyl (C=O) groups is 5. The van der Waals surface area contributed by atoms with Crippen molar-refractivity contribution in [1.29, 1.82) is 0 Å². The summed E-state index contributed by atoms with van der Waals surface area (Å²) in [6.45, 7) is -0.746. The molecule has 15 nitrogen and oxygen atoms in total. The van der Waals surface area contributed by atoms with Gasteiger partial charge in [0, 0.05) is 19.4 Å². The molecule has 4 atom stereocenters. The van der Waals surface area contributed by atoms with Gasteiger partial charge in [-0.1, -0.05) is 152 Å². The van der Waals surface area contributed by atoms with Crippen molar-refractivity contribution in [3.63, 3.8) is 0 Å². The number of carbonyl (C=O) groups excluding carboxylic acids is 5. The quantitative estimate of drug-likeness (QED) is 0.00959. The monoisotopic (exact) mass is 1090 g/mol. The minimum atomic E-state index is -2.49. The molecule has 7 aromatic carbocycles. The Bertz CT molecular complexity index is 3170. The van der Waals surface area contributed by atoms with Crippen molar-refractivity contribution in [3.8, 4) is 22.6 Å². The molecule has 0 aromatic heterocycles. The Morgan fingerprint density at radius 2 is 0.975 bits per heavy atom. The summed E-state index contributed by atoms with van der Waals surface area (Å²) in [7, 11) is 0. The number of nitrogens with one attached hydrogen (secondary N) is 3. The van der Waals surface area contributed by atoms with Crippen molar-refractivity contribution >= 4 is 30.0 Å². The first-order valence-electron chi connectivity index (χ1n) is 24.6. The Balaban J connectivity index is 1.13. The van der Waals surface area contributed by atoms with E-state index >= 15 is 0 Å². The third-order valence-corrected chi connectivity index (χ3v) is 12.0. The molecule has 0 saturated carbocycles. The summed E-state index contributed by atoms with van der Waals surface area (Å²) >= 11 is 0. The fourth-order valence-corrected chi connectivity index (χ4v) is 7.83. The van der Waals surface area contributed by atoms with Crippen LogP contribution in [-0.2, 0) is 67.9 Å². The number of rotatable bonds is 24. The van der Waals surface area contributed by atoms with Gasteiger partial charge < -0.3 is 50.5 Å². The Morgan fingerprint density at radius 3 is 1.54 bits per heavy atom. The van der Waals surface area contributed by atoms with Crippen molar-refractivity contribution in [2.24, 2.45) is 5.73 Å². The number of esters is 2. The molecule has 0 saturated heterocycles. The number of amides is 3. The zero-order chi connectivity index (χ0) is 56.3. The number of nitrogens with two attached hydrogens (primary N) is 1. The predicted molar refractivity (Wildman–Crippen MR) is 277 cm³/mol. The average molecular weight is 1090 g/mol. The molecule has 3 amide bonds. The topological polar surface area (TPSA) is 214 Å². The molecule has 20 heteroatoms. The lowest BCUT2D eigenvalue weighted by atomic mass is 9.95. The van der Waals surface area contributed by atoms with E-state index in [-0.39, 0.29) is 57.1 Å². The Labute approximate surface area is 450 Å². The number of ether oxygens (including phenoxy) is 5. The summed E-state index contributed by atoms with van der Waals surface area (Å²) in [6.07, 6.45) is -4.35. The summed E-state index contributed by atoms with van der Waals surface area (Å²) in [5, 5.41) is 18.0. The number of alkyl carbamates (subject to hydrolysis) is 2. The van der Waals surface area contributed by atoms with Crippen LogP contribution < -0.4 is 31.2 Å². The van der Waals surface area contributed by atoms with Crippen LogP contribution in [0.2, 0.25) is 0 Å². The van der Waals surface area contributed by atoms with Crippen LogP contribution in [0.15, 0.2) is 164 Å². The first-order chi connectivity index (χ1) is 38.1. The average Bonchev–Trinajstić information content (AvgIpc) is 3.51. The summed E-state index contributed by atoms with van der Waals surface area (Å²) in [5.41, 5.74) is 10.5. The van der Waals surface area contributed by atoms with Crippen LogP contribution in [0.3, 0.4) is 0 Å². The highest BCUT2D eigenvalue weighted by atomic mass is 19.2. The molecule has 0 heterocycles. The molecular formula is C59H53F5N4O11. The first kappa shape index (κ1) is 57.6. The highest BCUT2D eigenvalue weighted by Crippen LogP contribution is 2.32. The fourth-order valence-electron chi connectivity index (χ4n) is 7.83. The van der Waals surface area contributed by atoms with E-state index in [1.54, 1.807) is 158 Å². The molecule has 7 aromatic rings. The SMILES string of the molecule is N[C@@H](C[C@@H](O)CNC(=O)OCc1ccccc1)C(=O)N[C@@H](Cc1cccc(-c2ccc(OCc3ccccc3)c(C[C@H](NC(=O)OCc3ccccc3)C(=O)Oc3c(F)c(F)c(F)c(F)c3F)c2)c1)C(=O)OCc1ccccc1. The smallest absolute Gasteiger partial charge is 0.408 e. The maximum Gasteiger partial charge on any atom is 0.408 e. The van der Waals surface area contributed by atoms with Gasteiger partial charge in [0.25, 0.3) is 0 Å². The third kappa shape index (κ3) is 16.9. The van der Waals surface area contributed by atoms with Gasteiger partial charge in [0.2, 0.25) is 40.7 Å². The van der Waals surface area contributed by atoms with Gasteiger partial charge in [-0.2, -0.15) is 8.78 Å². The van der Waals surface area contributed by atoms with Crippen molar-refractivity contribution in [2.75, 3.05) is 6.54 Å². The maximum absolute atomic E-state index is 14.9. The largest absolute Gasteiger partial charge is 0.489 e. The van der Waals surface area contributed by atoms with E-state index in [0.29, 0.717) is 27.8 Å². The van der Waals surface area contributed by atoms with E-state index in [1.807, 2.05) is 6.07 Å². The number of hydrogen-bond acceptors (Lipinski definition) is 12. The molecule has 0 fully saturated rings. The number of halogens is 5. The van der Waals surface area contributed by atoms with Gasteiger partial charge in [-0.3, -0.25) is 4.79 Å².